The van der Waals surface area contributed by atoms with E-state index in [1.165, 1.54) is 16.3 Å². The fraction of sp³-hybridized carbons (Fsp3) is 0.0417. The Labute approximate surface area is 197 Å². The van der Waals surface area contributed by atoms with Crippen molar-refractivity contribution in [3.63, 3.8) is 0 Å². The number of benzene rings is 3. The van der Waals surface area contributed by atoms with E-state index in [1.807, 2.05) is 24.3 Å². The van der Waals surface area contributed by atoms with Crippen molar-refractivity contribution in [2.24, 2.45) is 0 Å². The summed E-state index contributed by atoms with van der Waals surface area (Å²) < 4.78 is 1.49. The van der Waals surface area contributed by atoms with Gasteiger partial charge in [0.25, 0.3) is 5.56 Å². The highest BCUT2D eigenvalue weighted by Gasteiger charge is 2.18. The molecule has 0 aliphatic carbocycles. The molecule has 5 aromatic rings. The summed E-state index contributed by atoms with van der Waals surface area (Å²) in [5.74, 6) is 0.0280. The number of para-hydroxylation sites is 1. The third kappa shape index (κ3) is 3.81. The number of thioether (sulfide) groups is 1. The molecule has 0 spiro atoms. The topological polar surface area (TPSA) is 67.8 Å². The number of nitrogens with zero attached hydrogens (tertiary/aromatic N) is 2. The van der Waals surface area contributed by atoms with Gasteiger partial charge in [-0.2, -0.15) is 0 Å². The Hall–Kier alpha value is -3.06. The summed E-state index contributed by atoms with van der Waals surface area (Å²) in [6.07, 6.45) is 0. The smallest absolute Gasteiger partial charge is 0.283 e. The molecule has 158 valence electrons. The van der Waals surface area contributed by atoms with Crippen LogP contribution in [0.4, 0.5) is 0 Å². The number of carbonyl (C=O) groups excluding carboxylic acids is 1. The molecule has 0 aliphatic rings. The third-order valence-electron chi connectivity index (χ3n) is 5.06. The van der Waals surface area contributed by atoms with Gasteiger partial charge < -0.3 is 4.98 Å². The second kappa shape index (κ2) is 8.47. The van der Waals surface area contributed by atoms with Crippen molar-refractivity contribution in [2.75, 3.05) is 5.75 Å². The summed E-state index contributed by atoms with van der Waals surface area (Å²) in [6.45, 7) is 0. The molecular formula is C24H15Cl2N3O2S. The average Bonchev–Trinajstić information content (AvgIpc) is 3.17. The van der Waals surface area contributed by atoms with E-state index in [4.69, 9.17) is 28.2 Å². The van der Waals surface area contributed by atoms with Gasteiger partial charge in [0.2, 0.25) is 0 Å². The van der Waals surface area contributed by atoms with Gasteiger partial charge in [-0.05, 0) is 48.5 Å². The van der Waals surface area contributed by atoms with E-state index in [1.54, 1.807) is 48.5 Å². The highest BCUT2D eigenvalue weighted by Crippen LogP contribution is 2.27. The number of Topliss-reactive ketones (excluding diaryl/α,β-unsaturated/α-hetero) is 1. The molecule has 0 amide bonds. The number of nitrogens with one attached hydrogen (secondary N) is 1. The quantitative estimate of drug-likeness (QED) is 0.186. The minimum absolute atomic E-state index is 0.0856. The normalized spacial score (nSPS) is 11.3. The van der Waals surface area contributed by atoms with Crippen molar-refractivity contribution >= 4 is 62.7 Å². The Morgan fingerprint density at radius 2 is 1.75 bits per heavy atom. The first-order chi connectivity index (χ1) is 15.5. The van der Waals surface area contributed by atoms with Crippen molar-refractivity contribution < 1.29 is 4.79 Å². The van der Waals surface area contributed by atoms with Gasteiger partial charge >= 0.3 is 0 Å². The standard InChI is InChI=1S/C24H15Cl2N3O2S/c25-15-10-8-14(9-11-15)20(30)13-32-24-28-21-18-6-1-2-7-19(18)27-22(21)23(31)29(24)17-5-3-4-16(26)12-17/h1-12,27H,13H2. The van der Waals surface area contributed by atoms with Gasteiger partial charge in [-0.3, -0.25) is 14.2 Å². The molecular weight excluding hydrogens is 465 g/mol. The monoisotopic (exact) mass is 479 g/mol. The number of carbonyl (C=O) groups is 1. The van der Waals surface area contributed by atoms with Crippen LogP contribution in [0.15, 0.2) is 82.7 Å². The van der Waals surface area contributed by atoms with Crippen LogP contribution in [0.2, 0.25) is 10.0 Å². The predicted octanol–water partition coefficient (Wildman–Crippen LogP) is 6.15. The van der Waals surface area contributed by atoms with Gasteiger partial charge in [0.15, 0.2) is 10.9 Å². The molecule has 5 rings (SSSR count). The zero-order chi connectivity index (χ0) is 22.2. The lowest BCUT2D eigenvalue weighted by molar-refractivity contribution is 0.102. The van der Waals surface area contributed by atoms with Gasteiger partial charge in [0.05, 0.1) is 11.4 Å². The van der Waals surface area contributed by atoms with Crippen LogP contribution in [0.3, 0.4) is 0 Å². The Morgan fingerprint density at radius 3 is 2.53 bits per heavy atom. The number of aromatic nitrogens is 3. The number of hydrogen-bond acceptors (Lipinski definition) is 4. The number of aromatic amines is 1. The Bertz CT molecular complexity index is 1540. The van der Waals surface area contributed by atoms with Crippen LogP contribution in [0.1, 0.15) is 10.4 Å². The van der Waals surface area contributed by atoms with Gasteiger partial charge in [0.1, 0.15) is 11.0 Å². The largest absolute Gasteiger partial charge is 0.349 e. The number of fused-ring (bicyclic) bond motifs is 3. The lowest BCUT2D eigenvalue weighted by atomic mass is 10.1. The zero-order valence-corrected chi connectivity index (χ0v) is 18.8. The molecule has 2 aromatic heterocycles. The predicted molar refractivity (Wildman–Crippen MR) is 131 cm³/mol. The average molecular weight is 480 g/mol. The maximum Gasteiger partial charge on any atom is 0.283 e. The minimum Gasteiger partial charge on any atom is -0.349 e. The number of halogens is 2. The van der Waals surface area contributed by atoms with Crippen LogP contribution in [0, 0.1) is 0 Å². The van der Waals surface area contributed by atoms with Crippen LogP contribution in [0.5, 0.6) is 0 Å². The van der Waals surface area contributed by atoms with E-state index >= 15 is 0 Å². The van der Waals surface area contributed by atoms with E-state index in [0.29, 0.717) is 37.5 Å². The van der Waals surface area contributed by atoms with Gasteiger partial charge in [-0.15, -0.1) is 0 Å². The molecule has 8 heteroatoms. The molecule has 0 saturated carbocycles. The van der Waals surface area contributed by atoms with Crippen molar-refractivity contribution in [3.05, 3.63) is 98.8 Å². The molecule has 0 unspecified atom stereocenters. The second-order valence-electron chi connectivity index (χ2n) is 7.13. The molecule has 0 saturated heterocycles. The maximum absolute atomic E-state index is 13.5. The van der Waals surface area contributed by atoms with Crippen LogP contribution in [-0.4, -0.2) is 26.1 Å². The number of hydrogen-bond donors (Lipinski definition) is 1. The van der Waals surface area contributed by atoms with Gasteiger partial charge in [-0.1, -0.05) is 59.2 Å². The third-order valence-corrected chi connectivity index (χ3v) is 6.48. The SMILES string of the molecule is O=C(CSc1nc2c([nH]c3ccccc32)c(=O)n1-c1cccc(Cl)c1)c1ccc(Cl)cc1. The molecule has 0 radical (unpaired) electrons. The summed E-state index contributed by atoms with van der Waals surface area (Å²) in [5.41, 5.74) is 2.67. The number of H-pyrrole nitrogens is 1. The molecule has 0 bridgehead atoms. The van der Waals surface area contributed by atoms with Crippen LogP contribution in [0.25, 0.3) is 27.6 Å². The first kappa shape index (κ1) is 20.8. The van der Waals surface area contributed by atoms with Crippen molar-refractivity contribution in [3.8, 4) is 5.69 Å². The fourth-order valence-electron chi connectivity index (χ4n) is 3.53. The van der Waals surface area contributed by atoms with E-state index in [9.17, 15) is 9.59 Å². The summed E-state index contributed by atoms with van der Waals surface area (Å²) in [5, 5.41) is 2.33. The van der Waals surface area contributed by atoms with Crippen molar-refractivity contribution in [1.29, 1.82) is 0 Å². The molecule has 0 fully saturated rings. The lowest BCUT2D eigenvalue weighted by Crippen LogP contribution is -2.22. The molecule has 32 heavy (non-hydrogen) atoms. The first-order valence-corrected chi connectivity index (χ1v) is 11.5. The van der Waals surface area contributed by atoms with Crippen LogP contribution < -0.4 is 5.56 Å². The molecule has 0 aliphatic heterocycles. The lowest BCUT2D eigenvalue weighted by Gasteiger charge is -2.12. The van der Waals surface area contributed by atoms with Crippen molar-refractivity contribution in [2.45, 2.75) is 5.16 Å². The van der Waals surface area contributed by atoms with Gasteiger partial charge in [-0.25, -0.2) is 4.98 Å². The molecule has 1 N–H and O–H groups in total. The highest BCUT2D eigenvalue weighted by molar-refractivity contribution is 7.99. The summed E-state index contributed by atoms with van der Waals surface area (Å²) in [6, 6.07) is 21.3. The number of ketones is 1. The first-order valence-electron chi connectivity index (χ1n) is 9.72. The summed E-state index contributed by atoms with van der Waals surface area (Å²) in [4.78, 5) is 34.2. The van der Waals surface area contributed by atoms with E-state index < -0.39 is 0 Å². The molecule has 2 heterocycles. The maximum atomic E-state index is 13.5. The molecule has 3 aromatic carbocycles. The summed E-state index contributed by atoms with van der Waals surface area (Å²) >= 11 is 13.3. The molecule has 0 atom stereocenters. The Morgan fingerprint density at radius 1 is 0.969 bits per heavy atom. The van der Waals surface area contributed by atoms with E-state index in [-0.39, 0.29) is 17.1 Å². The Kier molecular flexibility index (Phi) is 5.51. The van der Waals surface area contributed by atoms with E-state index in [2.05, 4.69) is 4.98 Å². The highest BCUT2D eigenvalue weighted by atomic mass is 35.5. The second-order valence-corrected chi connectivity index (χ2v) is 8.94. The number of rotatable bonds is 5. The van der Waals surface area contributed by atoms with E-state index in [0.717, 1.165) is 10.9 Å². The van der Waals surface area contributed by atoms with Gasteiger partial charge in [0, 0.05) is 26.5 Å². The van der Waals surface area contributed by atoms with Crippen LogP contribution in [-0.2, 0) is 0 Å². The Balaban J connectivity index is 1.64. The summed E-state index contributed by atoms with van der Waals surface area (Å²) in [7, 11) is 0. The molecule has 5 nitrogen and oxygen atoms in total. The zero-order valence-electron chi connectivity index (χ0n) is 16.5. The fourth-order valence-corrected chi connectivity index (χ4v) is 4.74. The van der Waals surface area contributed by atoms with Crippen LogP contribution >= 0.6 is 35.0 Å². The minimum atomic E-state index is -0.255. The van der Waals surface area contributed by atoms with Crippen molar-refractivity contribution in [1.82, 2.24) is 14.5 Å².